The maximum atomic E-state index is 12.2. The van der Waals surface area contributed by atoms with Gasteiger partial charge in [-0.1, -0.05) is 60.7 Å². The van der Waals surface area contributed by atoms with E-state index in [2.05, 4.69) is 34.9 Å². The summed E-state index contributed by atoms with van der Waals surface area (Å²) in [5.41, 5.74) is 6.14. The lowest BCUT2D eigenvalue weighted by Gasteiger charge is -2.14. The molecule has 7 heteroatoms. The quantitative estimate of drug-likeness (QED) is 0.362. The van der Waals surface area contributed by atoms with E-state index in [0.717, 1.165) is 16.7 Å². The number of aryl methyl sites for hydroxylation is 1. The number of amides is 2. The van der Waals surface area contributed by atoms with Crippen molar-refractivity contribution >= 4 is 23.7 Å². The third-order valence-corrected chi connectivity index (χ3v) is 6.03. The lowest BCUT2D eigenvalue weighted by atomic mass is 9.98. The van der Waals surface area contributed by atoms with E-state index >= 15 is 0 Å². The van der Waals surface area contributed by atoms with Crippen LogP contribution in [0.3, 0.4) is 0 Å². The topological polar surface area (TPSA) is 105 Å². The zero-order valence-electron chi connectivity index (χ0n) is 19.3. The molecule has 0 saturated carbocycles. The van der Waals surface area contributed by atoms with Crippen molar-refractivity contribution in [3.05, 3.63) is 89.5 Å². The number of hydrogen-bond acceptors (Lipinski definition) is 4. The molecule has 35 heavy (non-hydrogen) atoms. The highest BCUT2D eigenvalue weighted by Crippen LogP contribution is 2.44. The van der Waals surface area contributed by atoms with Crippen molar-refractivity contribution in [1.82, 2.24) is 5.32 Å². The molecule has 3 aromatic rings. The molecule has 4 rings (SSSR count). The number of alkyl carbamates (subject to hydrolysis) is 1. The Labute approximate surface area is 204 Å². The molecule has 0 bridgehead atoms. The van der Waals surface area contributed by atoms with Crippen LogP contribution in [0.4, 0.5) is 10.5 Å². The minimum Gasteiger partial charge on any atom is -0.481 e. The third kappa shape index (κ3) is 6.26. The summed E-state index contributed by atoms with van der Waals surface area (Å²) in [5.74, 6) is -1.02. The van der Waals surface area contributed by atoms with Gasteiger partial charge in [-0.05, 0) is 52.8 Å². The number of hydrogen-bond donors (Lipinski definition) is 3. The van der Waals surface area contributed by atoms with Crippen LogP contribution in [0.15, 0.2) is 72.8 Å². The SMILES string of the molecule is O=C(O)CCc1cccc(NC(=O)CCCNC(=O)OCC2c3ccccc3-c3ccccc32)c1. The van der Waals surface area contributed by atoms with Gasteiger partial charge in [0.25, 0.3) is 0 Å². The molecule has 3 N–H and O–H groups in total. The van der Waals surface area contributed by atoms with Gasteiger partial charge in [0, 0.05) is 31.0 Å². The van der Waals surface area contributed by atoms with E-state index < -0.39 is 12.1 Å². The highest BCUT2D eigenvalue weighted by molar-refractivity contribution is 5.90. The van der Waals surface area contributed by atoms with Gasteiger partial charge >= 0.3 is 12.1 Å². The molecule has 1 aliphatic carbocycles. The van der Waals surface area contributed by atoms with Gasteiger partial charge in [0.15, 0.2) is 0 Å². The Balaban J connectivity index is 1.18. The largest absolute Gasteiger partial charge is 0.481 e. The molecule has 0 fully saturated rings. The second-order valence-corrected chi connectivity index (χ2v) is 8.50. The van der Waals surface area contributed by atoms with Gasteiger partial charge in [-0.15, -0.1) is 0 Å². The van der Waals surface area contributed by atoms with Gasteiger partial charge < -0.3 is 20.5 Å². The molecule has 0 heterocycles. The molecule has 0 spiro atoms. The van der Waals surface area contributed by atoms with Crippen molar-refractivity contribution in [2.24, 2.45) is 0 Å². The maximum absolute atomic E-state index is 12.2. The highest BCUT2D eigenvalue weighted by Gasteiger charge is 2.28. The first kappa shape index (κ1) is 24.0. The fourth-order valence-electron chi connectivity index (χ4n) is 4.37. The number of carbonyl (C=O) groups excluding carboxylic acids is 2. The Morgan fingerprint density at radius 2 is 1.54 bits per heavy atom. The molecule has 2 amide bonds. The van der Waals surface area contributed by atoms with Crippen LogP contribution < -0.4 is 10.6 Å². The van der Waals surface area contributed by atoms with Crippen LogP contribution >= 0.6 is 0 Å². The fourth-order valence-corrected chi connectivity index (χ4v) is 4.37. The molecule has 0 unspecified atom stereocenters. The first-order valence-corrected chi connectivity index (χ1v) is 11.7. The van der Waals surface area contributed by atoms with Crippen LogP contribution in [0, 0.1) is 0 Å². The van der Waals surface area contributed by atoms with E-state index in [0.29, 0.717) is 25.1 Å². The molecular weight excluding hydrogens is 444 g/mol. The average molecular weight is 473 g/mol. The Morgan fingerprint density at radius 3 is 2.23 bits per heavy atom. The average Bonchev–Trinajstić information content (AvgIpc) is 3.18. The van der Waals surface area contributed by atoms with Crippen molar-refractivity contribution in [3.8, 4) is 11.1 Å². The number of aliphatic carboxylic acids is 1. The first-order valence-electron chi connectivity index (χ1n) is 11.7. The molecule has 1 aliphatic rings. The first-order chi connectivity index (χ1) is 17.0. The molecule has 0 aliphatic heterocycles. The number of rotatable bonds is 10. The molecule has 0 aromatic heterocycles. The fraction of sp³-hybridized carbons (Fsp3) is 0.250. The van der Waals surface area contributed by atoms with Gasteiger partial charge in [-0.25, -0.2) is 4.79 Å². The summed E-state index contributed by atoms with van der Waals surface area (Å²) in [6.45, 7) is 0.571. The van der Waals surface area contributed by atoms with Crippen molar-refractivity contribution < 1.29 is 24.2 Å². The monoisotopic (exact) mass is 472 g/mol. The smallest absolute Gasteiger partial charge is 0.407 e. The maximum Gasteiger partial charge on any atom is 0.407 e. The Kier molecular flexibility index (Phi) is 7.77. The summed E-state index contributed by atoms with van der Waals surface area (Å²) in [4.78, 5) is 35.2. The number of anilines is 1. The van der Waals surface area contributed by atoms with Crippen LogP contribution in [-0.2, 0) is 20.7 Å². The van der Waals surface area contributed by atoms with Crippen molar-refractivity contribution in [2.75, 3.05) is 18.5 Å². The van der Waals surface area contributed by atoms with Crippen LogP contribution in [0.1, 0.15) is 41.9 Å². The summed E-state index contributed by atoms with van der Waals surface area (Å²) >= 11 is 0. The Morgan fingerprint density at radius 1 is 0.857 bits per heavy atom. The van der Waals surface area contributed by atoms with Crippen molar-refractivity contribution in [1.29, 1.82) is 0 Å². The van der Waals surface area contributed by atoms with Gasteiger partial charge in [0.05, 0.1) is 0 Å². The third-order valence-electron chi connectivity index (χ3n) is 6.03. The van der Waals surface area contributed by atoms with Gasteiger partial charge in [-0.3, -0.25) is 9.59 Å². The molecular formula is C28H28N2O5. The summed E-state index contributed by atoms with van der Waals surface area (Å²) in [7, 11) is 0. The number of fused-ring (bicyclic) bond motifs is 3. The number of carboxylic acid groups (broad SMARTS) is 1. The van der Waals surface area contributed by atoms with Crippen molar-refractivity contribution in [2.45, 2.75) is 31.6 Å². The van der Waals surface area contributed by atoms with Gasteiger partial charge in [-0.2, -0.15) is 0 Å². The van der Waals surface area contributed by atoms with Crippen molar-refractivity contribution in [3.63, 3.8) is 0 Å². The van der Waals surface area contributed by atoms with E-state index in [-0.39, 0.29) is 31.3 Å². The number of ether oxygens (including phenoxy) is 1. The molecule has 0 radical (unpaired) electrons. The zero-order chi connectivity index (χ0) is 24.6. The number of carboxylic acids is 1. The van der Waals surface area contributed by atoms with Crippen LogP contribution in [0.5, 0.6) is 0 Å². The molecule has 0 atom stereocenters. The minimum atomic E-state index is -0.858. The van der Waals surface area contributed by atoms with E-state index in [4.69, 9.17) is 9.84 Å². The lowest BCUT2D eigenvalue weighted by Crippen LogP contribution is -2.27. The number of carbonyl (C=O) groups is 3. The Hall–Kier alpha value is -4.13. The number of benzene rings is 3. The zero-order valence-corrected chi connectivity index (χ0v) is 19.3. The summed E-state index contributed by atoms with van der Waals surface area (Å²) in [6.07, 6.45) is 0.651. The van der Waals surface area contributed by atoms with Crippen LogP contribution in [0.25, 0.3) is 11.1 Å². The standard InChI is InChI=1S/C28H28N2O5/c31-26(30-20-8-5-7-19(17-20)14-15-27(32)33)13-6-16-29-28(34)35-18-25-23-11-3-1-9-21(23)22-10-2-4-12-24(22)25/h1-5,7-12,17,25H,6,13-16,18H2,(H,29,34)(H,30,31)(H,32,33). The predicted molar refractivity (Wildman–Crippen MR) is 133 cm³/mol. The normalized spacial score (nSPS) is 11.9. The van der Waals surface area contributed by atoms with Crippen LogP contribution in [0.2, 0.25) is 0 Å². The molecule has 180 valence electrons. The second kappa shape index (κ2) is 11.3. The molecule has 3 aromatic carbocycles. The van der Waals surface area contributed by atoms with Gasteiger partial charge in [0.1, 0.15) is 6.61 Å². The highest BCUT2D eigenvalue weighted by atomic mass is 16.5. The number of nitrogens with one attached hydrogen (secondary N) is 2. The summed E-state index contributed by atoms with van der Waals surface area (Å²) in [6, 6.07) is 23.5. The molecule has 0 saturated heterocycles. The van der Waals surface area contributed by atoms with E-state index in [9.17, 15) is 14.4 Å². The van der Waals surface area contributed by atoms with E-state index in [1.807, 2.05) is 30.3 Å². The van der Waals surface area contributed by atoms with E-state index in [1.165, 1.54) is 11.1 Å². The van der Waals surface area contributed by atoms with Crippen LogP contribution in [-0.4, -0.2) is 36.2 Å². The predicted octanol–water partition coefficient (Wildman–Crippen LogP) is 4.96. The summed E-state index contributed by atoms with van der Waals surface area (Å²) in [5, 5.41) is 14.3. The molecule has 7 nitrogen and oxygen atoms in total. The summed E-state index contributed by atoms with van der Waals surface area (Å²) < 4.78 is 5.50. The van der Waals surface area contributed by atoms with Gasteiger partial charge in [0.2, 0.25) is 5.91 Å². The second-order valence-electron chi connectivity index (χ2n) is 8.50. The van der Waals surface area contributed by atoms with E-state index in [1.54, 1.807) is 18.2 Å². The minimum absolute atomic E-state index is 0.00481. The Bertz CT molecular complexity index is 1180. The lowest BCUT2D eigenvalue weighted by molar-refractivity contribution is -0.137.